The molecule has 1 unspecified atom stereocenters. The second-order valence-electron chi connectivity index (χ2n) is 4.42. The highest BCUT2D eigenvalue weighted by Gasteiger charge is 2.36. The molecule has 0 saturated heterocycles. The van der Waals surface area contributed by atoms with E-state index in [1.54, 1.807) is 7.11 Å². The third kappa shape index (κ3) is 2.71. The van der Waals surface area contributed by atoms with Crippen molar-refractivity contribution in [3.8, 4) is 0 Å². The normalized spacial score (nSPS) is 23.0. The fourth-order valence-corrected chi connectivity index (χ4v) is 2.40. The Kier molecular flexibility index (Phi) is 3.93. The van der Waals surface area contributed by atoms with E-state index >= 15 is 0 Å². The van der Waals surface area contributed by atoms with Gasteiger partial charge < -0.3 is 9.84 Å². The number of hydrogen-bond donors (Lipinski definition) is 1. The average Bonchev–Trinajstić information content (AvgIpc) is 2.18. The molecule has 82 valence electrons. The van der Waals surface area contributed by atoms with Crippen molar-refractivity contribution in [2.75, 3.05) is 7.11 Å². The number of carboxylic acids is 1. The lowest BCUT2D eigenvalue weighted by atomic mass is 9.76. The SMILES string of the molecule is COC(C)(CC(=O)O)C1CCCCC1. The van der Waals surface area contributed by atoms with Crippen molar-refractivity contribution in [1.82, 2.24) is 0 Å². The largest absolute Gasteiger partial charge is 0.481 e. The third-order valence-electron chi connectivity index (χ3n) is 3.44. The van der Waals surface area contributed by atoms with E-state index in [4.69, 9.17) is 9.84 Å². The molecular weight excluding hydrogens is 180 g/mol. The van der Waals surface area contributed by atoms with Gasteiger partial charge in [-0.05, 0) is 25.7 Å². The van der Waals surface area contributed by atoms with Crippen LogP contribution in [0.25, 0.3) is 0 Å². The molecule has 1 N–H and O–H groups in total. The summed E-state index contributed by atoms with van der Waals surface area (Å²) in [5, 5.41) is 8.83. The molecule has 3 heteroatoms. The molecule has 0 radical (unpaired) electrons. The first-order chi connectivity index (χ1) is 6.58. The zero-order valence-corrected chi connectivity index (χ0v) is 9.08. The summed E-state index contributed by atoms with van der Waals surface area (Å²) < 4.78 is 5.41. The molecule has 1 fully saturated rings. The summed E-state index contributed by atoms with van der Waals surface area (Å²) in [6.07, 6.45) is 6.04. The number of methoxy groups -OCH3 is 1. The van der Waals surface area contributed by atoms with Crippen LogP contribution < -0.4 is 0 Å². The molecule has 0 spiro atoms. The van der Waals surface area contributed by atoms with Crippen LogP contribution in [0.15, 0.2) is 0 Å². The second kappa shape index (κ2) is 4.78. The summed E-state index contributed by atoms with van der Waals surface area (Å²) in [4.78, 5) is 10.7. The minimum absolute atomic E-state index is 0.119. The van der Waals surface area contributed by atoms with Crippen LogP contribution in [0.5, 0.6) is 0 Å². The van der Waals surface area contributed by atoms with E-state index in [0.29, 0.717) is 5.92 Å². The van der Waals surface area contributed by atoms with Crippen molar-refractivity contribution >= 4 is 5.97 Å². The molecule has 1 atom stereocenters. The third-order valence-corrected chi connectivity index (χ3v) is 3.44. The predicted octanol–water partition coefficient (Wildman–Crippen LogP) is 2.45. The van der Waals surface area contributed by atoms with Crippen molar-refractivity contribution in [3.63, 3.8) is 0 Å². The predicted molar refractivity (Wildman–Crippen MR) is 54.2 cm³/mol. The Labute approximate surface area is 85.5 Å². The summed E-state index contributed by atoms with van der Waals surface area (Å²) in [5.41, 5.74) is -0.466. The zero-order chi connectivity index (χ0) is 10.6. The van der Waals surface area contributed by atoms with Crippen LogP contribution in [0.4, 0.5) is 0 Å². The summed E-state index contributed by atoms with van der Waals surface area (Å²) >= 11 is 0. The Hall–Kier alpha value is -0.570. The van der Waals surface area contributed by atoms with E-state index < -0.39 is 11.6 Å². The fraction of sp³-hybridized carbons (Fsp3) is 0.909. The molecule has 1 rings (SSSR count). The maximum Gasteiger partial charge on any atom is 0.306 e. The maximum atomic E-state index is 10.7. The molecule has 0 aliphatic heterocycles. The topological polar surface area (TPSA) is 46.5 Å². The van der Waals surface area contributed by atoms with E-state index in [-0.39, 0.29) is 6.42 Å². The van der Waals surface area contributed by atoms with Crippen molar-refractivity contribution in [1.29, 1.82) is 0 Å². The van der Waals surface area contributed by atoms with Crippen LogP contribution in [0.1, 0.15) is 45.4 Å². The molecule has 1 saturated carbocycles. The van der Waals surface area contributed by atoms with E-state index in [9.17, 15) is 4.79 Å². The highest BCUT2D eigenvalue weighted by Crippen LogP contribution is 2.36. The monoisotopic (exact) mass is 200 g/mol. The van der Waals surface area contributed by atoms with Gasteiger partial charge in [0.15, 0.2) is 0 Å². The Morgan fingerprint density at radius 2 is 2.00 bits per heavy atom. The molecule has 1 aliphatic carbocycles. The number of hydrogen-bond acceptors (Lipinski definition) is 2. The van der Waals surface area contributed by atoms with Crippen LogP contribution in [-0.2, 0) is 9.53 Å². The summed E-state index contributed by atoms with van der Waals surface area (Å²) in [6, 6.07) is 0. The lowest BCUT2D eigenvalue weighted by Crippen LogP contribution is -2.40. The van der Waals surface area contributed by atoms with E-state index in [2.05, 4.69) is 0 Å². The van der Waals surface area contributed by atoms with Crippen molar-refractivity contribution in [2.24, 2.45) is 5.92 Å². The lowest BCUT2D eigenvalue weighted by Gasteiger charge is -2.37. The van der Waals surface area contributed by atoms with Gasteiger partial charge >= 0.3 is 5.97 Å². The van der Waals surface area contributed by atoms with E-state index in [1.165, 1.54) is 19.3 Å². The zero-order valence-electron chi connectivity index (χ0n) is 9.08. The van der Waals surface area contributed by atoms with Gasteiger partial charge in [-0.2, -0.15) is 0 Å². The minimum Gasteiger partial charge on any atom is -0.481 e. The van der Waals surface area contributed by atoms with Crippen molar-refractivity contribution < 1.29 is 14.6 Å². The first-order valence-electron chi connectivity index (χ1n) is 5.35. The molecule has 0 amide bonds. The molecule has 0 aromatic rings. The van der Waals surface area contributed by atoms with Gasteiger partial charge in [0.05, 0.1) is 12.0 Å². The first-order valence-corrected chi connectivity index (χ1v) is 5.35. The smallest absolute Gasteiger partial charge is 0.306 e. The van der Waals surface area contributed by atoms with Crippen molar-refractivity contribution in [3.05, 3.63) is 0 Å². The molecule has 0 aromatic carbocycles. The fourth-order valence-electron chi connectivity index (χ4n) is 2.40. The van der Waals surface area contributed by atoms with Gasteiger partial charge in [-0.3, -0.25) is 4.79 Å². The molecule has 14 heavy (non-hydrogen) atoms. The van der Waals surface area contributed by atoms with Gasteiger partial charge in [0.2, 0.25) is 0 Å². The highest BCUT2D eigenvalue weighted by atomic mass is 16.5. The average molecular weight is 200 g/mol. The molecular formula is C11H20O3. The quantitative estimate of drug-likeness (QED) is 0.758. The van der Waals surface area contributed by atoms with Crippen LogP contribution in [0, 0.1) is 5.92 Å². The Balaban J connectivity index is 2.61. The highest BCUT2D eigenvalue weighted by molar-refractivity contribution is 5.68. The van der Waals surface area contributed by atoms with Crippen LogP contribution in [0.2, 0.25) is 0 Å². The Morgan fingerprint density at radius 3 is 2.43 bits per heavy atom. The van der Waals surface area contributed by atoms with Gasteiger partial charge in [0.25, 0.3) is 0 Å². The number of rotatable bonds is 4. The molecule has 3 nitrogen and oxygen atoms in total. The standard InChI is InChI=1S/C11H20O3/c1-11(14-2,8-10(12)13)9-6-4-3-5-7-9/h9H,3-8H2,1-2H3,(H,12,13). The van der Waals surface area contributed by atoms with Gasteiger partial charge in [-0.15, -0.1) is 0 Å². The van der Waals surface area contributed by atoms with E-state index in [1.807, 2.05) is 6.92 Å². The number of carboxylic acid groups (broad SMARTS) is 1. The second-order valence-corrected chi connectivity index (χ2v) is 4.42. The summed E-state index contributed by atoms with van der Waals surface area (Å²) in [7, 11) is 1.62. The molecule has 0 heterocycles. The van der Waals surface area contributed by atoms with Gasteiger partial charge in [-0.1, -0.05) is 19.3 Å². The number of ether oxygens (including phenoxy) is 1. The van der Waals surface area contributed by atoms with Crippen LogP contribution >= 0.6 is 0 Å². The number of carbonyl (C=O) groups is 1. The van der Waals surface area contributed by atoms with E-state index in [0.717, 1.165) is 12.8 Å². The first kappa shape index (κ1) is 11.5. The van der Waals surface area contributed by atoms with Crippen LogP contribution in [0.3, 0.4) is 0 Å². The number of aliphatic carboxylic acids is 1. The van der Waals surface area contributed by atoms with Crippen LogP contribution in [-0.4, -0.2) is 23.8 Å². The minimum atomic E-state index is -0.764. The van der Waals surface area contributed by atoms with Gasteiger partial charge in [0.1, 0.15) is 0 Å². The Morgan fingerprint density at radius 1 is 1.43 bits per heavy atom. The lowest BCUT2D eigenvalue weighted by molar-refractivity contribution is -0.147. The molecule has 1 aliphatic rings. The van der Waals surface area contributed by atoms with Gasteiger partial charge in [0, 0.05) is 7.11 Å². The molecule has 0 bridgehead atoms. The summed E-state index contributed by atoms with van der Waals surface area (Å²) in [6.45, 7) is 1.93. The summed E-state index contributed by atoms with van der Waals surface area (Å²) in [5.74, 6) is -0.350. The molecule has 0 aromatic heterocycles. The van der Waals surface area contributed by atoms with Crippen molar-refractivity contribution in [2.45, 2.75) is 51.0 Å². The maximum absolute atomic E-state index is 10.7. The Bertz CT molecular complexity index is 197. The van der Waals surface area contributed by atoms with Gasteiger partial charge in [-0.25, -0.2) is 0 Å².